The normalized spacial score (nSPS) is 10.7. The minimum absolute atomic E-state index is 0.402. The van der Waals surface area contributed by atoms with Crippen LogP contribution in [-0.4, -0.2) is 5.78 Å². The molecule has 0 unspecified atom stereocenters. The van der Waals surface area contributed by atoms with Crippen LogP contribution < -0.4 is 0 Å². The van der Waals surface area contributed by atoms with Crippen molar-refractivity contribution in [3.8, 4) is 0 Å². The fraction of sp³-hybridized carbons (Fsp3) is 0.875. The molecule has 0 bridgehead atoms. The second kappa shape index (κ2) is 13.7. The molecule has 0 N–H and O–H groups in total. The van der Waals surface area contributed by atoms with Crippen molar-refractivity contribution < 1.29 is 4.79 Å². The number of unbranched alkanes of at least 4 members (excludes halogenated alkanes) is 9. The van der Waals surface area contributed by atoms with Crippen LogP contribution in [0.3, 0.4) is 0 Å². The summed E-state index contributed by atoms with van der Waals surface area (Å²) in [7, 11) is 0. The maximum atomic E-state index is 11.2. The molecular weight excluding hydrogens is 208 g/mol. The average Bonchev–Trinajstić information content (AvgIpc) is 2.32. The standard InChI is InChI=1S/C16H31O/c1-3-5-6-7-8-9-10-11-12-13-15-16(17)14-4-2/h2-15H2,1H3. The van der Waals surface area contributed by atoms with Crippen LogP contribution in [0.2, 0.25) is 0 Å². The third kappa shape index (κ3) is 13.6. The molecule has 0 amide bonds. The predicted octanol–water partition coefficient (Wildman–Crippen LogP) is 5.48. The number of carbonyl (C=O) groups excluding carboxylic acids is 1. The van der Waals surface area contributed by atoms with E-state index in [-0.39, 0.29) is 0 Å². The summed E-state index contributed by atoms with van der Waals surface area (Å²) < 4.78 is 0. The smallest absolute Gasteiger partial charge is 0.132 e. The van der Waals surface area contributed by atoms with Crippen LogP contribution in [0.15, 0.2) is 0 Å². The number of hydrogen-bond donors (Lipinski definition) is 0. The fourth-order valence-electron chi connectivity index (χ4n) is 2.13. The molecule has 0 rings (SSSR count). The first-order valence-corrected chi connectivity index (χ1v) is 7.62. The van der Waals surface area contributed by atoms with Crippen LogP contribution in [0, 0.1) is 6.92 Å². The first-order chi connectivity index (χ1) is 8.31. The van der Waals surface area contributed by atoms with Gasteiger partial charge in [-0.3, -0.25) is 4.79 Å². The Morgan fingerprint density at radius 3 is 1.71 bits per heavy atom. The lowest BCUT2D eigenvalue weighted by Gasteiger charge is -2.02. The Morgan fingerprint density at radius 1 is 0.765 bits per heavy atom. The summed E-state index contributed by atoms with van der Waals surface area (Å²) in [5, 5.41) is 0. The lowest BCUT2D eigenvalue weighted by Crippen LogP contribution is -1.96. The number of ketones is 1. The molecule has 0 atom stereocenters. The molecule has 101 valence electrons. The Bertz CT molecular complexity index is 163. The topological polar surface area (TPSA) is 17.1 Å². The summed E-state index contributed by atoms with van der Waals surface area (Å²) in [5.74, 6) is 0.402. The van der Waals surface area contributed by atoms with Crippen LogP contribution in [0.1, 0.15) is 90.4 Å². The highest BCUT2D eigenvalue weighted by molar-refractivity contribution is 5.78. The van der Waals surface area contributed by atoms with Crippen molar-refractivity contribution in [2.24, 2.45) is 0 Å². The molecule has 0 aliphatic heterocycles. The Kier molecular flexibility index (Phi) is 13.5. The molecule has 1 radical (unpaired) electrons. The summed E-state index contributed by atoms with van der Waals surface area (Å²) in [4.78, 5) is 11.2. The molecule has 0 aliphatic carbocycles. The summed E-state index contributed by atoms with van der Waals surface area (Å²) in [6, 6.07) is 0. The van der Waals surface area contributed by atoms with Crippen LogP contribution in [0.4, 0.5) is 0 Å². The summed E-state index contributed by atoms with van der Waals surface area (Å²) in [6.07, 6.45) is 15.6. The van der Waals surface area contributed by atoms with Crippen molar-refractivity contribution in [3.05, 3.63) is 6.92 Å². The lowest BCUT2D eigenvalue weighted by molar-refractivity contribution is -0.119. The van der Waals surface area contributed by atoms with Gasteiger partial charge in [-0.2, -0.15) is 0 Å². The number of hydrogen-bond acceptors (Lipinski definition) is 1. The van der Waals surface area contributed by atoms with Gasteiger partial charge >= 0.3 is 0 Å². The monoisotopic (exact) mass is 239 g/mol. The second-order valence-electron chi connectivity index (χ2n) is 5.07. The molecule has 1 nitrogen and oxygen atoms in total. The second-order valence-corrected chi connectivity index (χ2v) is 5.07. The van der Waals surface area contributed by atoms with Gasteiger partial charge in [-0.25, -0.2) is 0 Å². The van der Waals surface area contributed by atoms with E-state index < -0.39 is 0 Å². The molecule has 0 saturated heterocycles. The van der Waals surface area contributed by atoms with E-state index in [0.717, 1.165) is 19.3 Å². The highest BCUT2D eigenvalue weighted by Gasteiger charge is 1.99. The summed E-state index contributed by atoms with van der Waals surface area (Å²) in [5.41, 5.74) is 0. The largest absolute Gasteiger partial charge is 0.300 e. The van der Waals surface area contributed by atoms with Crippen LogP contribution in [0.5, 0.6) is 0 Å². The Labute approximate surface area is 108 Å². The SMILES string of the molecule is [CH2]CCC(=O)CCCCCCCCCCCC. The molecular formula is C16H31O. The van der Waals surface area contributed by atoms with E-state index in [2.05, 4.69) is 13.8 Å². The van der Waals surface area contributed by atoms with Crippen molar-refractivity contribution in [2.75, 3.05) is 0 Å². The molecule has 0 heterocycles. The van der Waals surface area contributed by atoms with Crippen molar-refractivity contribution in [3.63, 3.8) is 0 Å². The van der Waals surface area contributed by atoms with E-state index in [9.17, 15) is 4.79 Å². The van der Waals surface area contributed by atoms with Gasteiger partial charge in [-0.05, 0) is 12.8 Å². The van der Waals surface area contributed by atoms with Gasteiger partial charge in [0, 0.05) is 12.8 Å². The molecule has 0 aromatic heterocycles. The zero-order valence-corrected chi connectivity index (χ0v) is 11.8. The molecule has 0 aromatic carbocycles. The Hall–Kier alpha value is -0.330. The van der Waals surface area contributed by atoms with Gasteiger partial charge in [0.1, 0.15) is 5.78 Å². The highest BCUT2D eigenvalue weighted by Crippen LogP contribution is 2.11. The van der Waals surface area contributed by atoms with E-state index in [0.29, 0.717) is 12.2 Å². The van der Waals surface area contributed by atoms with E-state index in [4.69, 9.17) is 0 Å². The van der Waals surface area contributed by atoms with Crippen LogP contribution >= 0.6 is 0 Å². The van der Waals surface area contributed by atoms with Gasteiger partial charge in [-0.15, -0.1) is 0 Å². The van der Waals surface area contributed by atoms with Crippen molar-refractivity contribution in [1.29, 1.82) is 0 Å². The van der Waals surface area contributed by atoms with Crippen molar-refractivity contribution in [1.82, 2.24) is 0 Å². The molecule has 0 saturated carbocycles. The lowest BCUT2D eigenvalue weighted by atomic mass is 10.0. The van der Waals surface area contributed by atoms with Gasteiger partial charge in [0.25, 0.3) is 0 Å². The first-order valence-electron chi connectivity index (χ1n) is 7.62. The van der Waals surface area contributed by atoms with Crippen LogP contribution in [0.25, 0.3) is 0 Å². The van der Waals surface area contributed by atoms with E-state index in [1.807, 2.05) is 0 Å². The predicted molar refractivity (Wildman–Crippen MR) is 76.1 cm³/mol. The Morgan fingerprint density at radius 2 is 1.24 bits per heavy atom. The summed E-state index contributed by atoms with van der Waals surface area (Å²) >= 11 is 0. The maximum Gasteiger partial charge on any atom is 0.132 e. The van der Waals surface area contributed by atoms with Gasteiger partial charge in [-0.1, -0.05) is 71.6 Å². The van der Waals surface area contributed by atoms with Gasteiger partial charge in [0.15, 0.2) is 0 Å². The minimum atomic E-state index is 0.402. The average molecular weight is 239 g/mol. The molecule has 0 fully saturated rings. The number of carbonyl (C=O) groups is 1. The van der Waals surface area contributed by atoms with Gasteiger partial charge in [0.05, 0.1) is 0 Å². The van der Waals surface area contributed by atoms with Crippen molar-refractivity contribution in [2.45, 2.75) is 90.4 Å². The van der Waals surface area contributed by atoms with Gasteiger partial charge < -0.3 is 0 Å². The molecule has 17 heavy (non-hydrogen) atoms. The third-order valence-electron chi connectivity index (χ3n) is 3.26. The number of Topliss-reactive ketones (excluding diaryl/α,β-unsaturated/α-hetero) is 1. The van der Waals surface area contributed by atoms with Gasteiger partial charge in [0.2, 0.25) is 0 Å². The maximum absolute atomic E-state index is 11.2. The van der Waals surface area contributed by atoms with E-state index in [1.54, 1.807) is 0 Å². The molecule has 0 aromatic rings. The fourth-order valence-corrected chi connectivity index (χ4v) is 2.13. The zero-order chi connectivity index (χ0) is 12.8. The quantitative estimate of drug-likeness (QED) is 0.389. The molecule has 0 spiro atoms. The van der Waals surface area contributed by atoms with E-state index in [1.165, 1.54) is 57.8 Å². The van der Waals surface area contributed by atoms with E-state index >= 15 is 0 Å². The summed E-state index contributed by atoms with van der Waals surface area (Å²) in [6.45, 7) is 5.96. The number of rotatable bonds is 13. The molecule has 1 heteroatoms. The molecule has 0 aliphatic rings. The Balaban J connectivity index is 3.01. The highest BCUT2D eigenvalue weighted by atomic mass is 16.1. The minimum Gasteiger partial charge on any atom is -0.300 e. The zero-order valence-electron chi connectivity index (χ0n) is 11.8. The third-order valence-corrected chi connectivity index (χ3v) is 3.26. The first kappa shape index (κ1) is 16.7. The van der Waals surface area contributed by atoms with Crippen LogP contribution in [-0.2, 0) is 4.79 Å². The van der Waals surface area contributed by atoms with Crippen molar-refractivity contribution >= 4 is 5.78 Å².